The van der Waals surface area contributed by atoms with Crippen LogP contribution in [0.15, 0.2) is 36.1 Å². The Hall–Kier alpha value is -1.28. The molecule has 1 aliphatic rings. The van der Waals surface area contributed by atoms with Crippen molar-refractivity contribution < 1.29 is 4.74 Å². The first-order chi connectivity index (χ1) is 8.79. The van der Waals surface area contributed by atoms with Crippen molar-refractivity contribution >= 4 is 0 Å². The molecule has 1 aliphatic heterocycles. The van der Waals surface area contributed by atoms with Crippen LogP contribution in [0.25, 0.3) is 0 Å². The molecule has 1 atom stereocenters. The highest BCUT2D eigenvalue weighted by molar-refractivity contribution is 5.22. The Morgan fingerprint density at radius 1 is 1.39 bits per heavy atom. The Kier molecular flexibility index (Phi) is 4.82. The van der Waals surface area contributed by atoms with E-state index in [1.165, 1.54) is 11.1 Å². The Labute approximate surface area is 110 Å². The largest absolute Gasteiger partial charge is 0.496 e. The minimum atomic E-state index is 0.373. The van der Waals surface area contributed by atoms with Crippen LogP contribution >= 0.6 is 0 Å². The SMILES string of the molecule is CCNC(CCc1cccc(C)c1)C1=CCCO1. The average Bonchev–Trinajstić information content (AvgIpc) is 2.88. The first kappa shape index (κ1) is 13.2. The number of hydrogen-bond donors (Lipinski definition) is 1. The van der Waals surface area contributed by atoms with Crippen molar-refractivity contribution in [2.75, 3.05) is 13.2 Å². The summed E-state index contributed by atoms with van der Waals surface area (Å²) in [6.45, 7) is 6.13. The zero-order valence-electron chi connectivity index (χ0n) is 11.4. The number of ether oxygens (including phenoxy) is 1. The third-order valence-corrected chi connectivity index (χ3v) is 3.33. The van der Waals surface area contributed by atoms with Gasteiger partial charge in [-0.05, 0) is 37.9 Å². The number of benzene rings is 1. The Morgan fingerprint density at radius 2 is 2.28 bits per heavy atom. The molecule has 18 heavy (non-hydrogen) atoms. The second kappa shape index (κ2) is 6.60. The van der Waals surface area contributed by atoms with Gasteiger partial charge in [0.15, 0.2) is 0 Å². The van der Waals surface area contributed by atoms with Gasteiger partial charge in [0.2, 0.25) is 0 Å². The fourth-order valence-corrected chi connectivity index (χ4v) is 2.45. The monoisotopic (exact) mass is 245 g/mol. The molecule has 0 radical (unpaired) electrons. The molecule has 1 heterocycles. The topological polar surface area (TPSA) is 21.3 Å². The molecule has 2 nitrogen and oxygen atoms in total. The molecule has 1 unspecified atom stereocenters. The molecule has 0 saturated heterocycles. The van der Waals surface area contributed by atoms with Crippen LogP contribution in [0.5, 0.6) is 0 Å². The smallest absolute Gasteiger partial charge is 0.109 e. The molecular formula is C16H23NO. The van der Waals surface area contributed by atoms with E-state index in [-0.39, 0.29) is 0 Å². The highest BCUT2D eigenvalue weighted by Crippen LogP contribution is 2.18. The van der Waals surface area contributed by atoms with Crippen LogP contribution in [-0.2, 0) is 11.2 Å². The molecule has 1 aromatic rings. The van der Waals surface area contributed by atoms with Gasteiger partial charge in [-0.1, -0.05) is 36.8 Å². The summed E-state index contributed by atoms with van der Waals surface area (Å²) in [6.07, 6.45) is 5.48. The predicted octanol–water partition coefficient (Wildman–Crippen LogP) is 3.21. The van der Waals surface area contributed by atoms with Gasteiger partial charge >= 0.3 is 0 Å². The summed E-state index contributed by atoms with van der Waals surface area (Å²) in [5.74, 6) is 1.14. The highest BCUT2D eigenvalue weighted by Gasteiger charge is 2.17. The quantitative estimate of drug-likeness (QED) is 0.831. The summed E-state index contributed by atoms with van der Waals surface area (Å²) in [4.78, 5) is 0. The van der Waals surface area contributed by atoms with Gasteiger partial charge in [0, 0.05) is 6.42 Å². The minimum absolute atomic E-state index is 0.373. The van der Waals surface area contributed by atoms with Crippen LogP contribution in [0.4, 0.5) is 0 Å². The highest BCUT2D eigenvalue weighted by atomic mass is 16.5. The van der Waals surface area contributed by atoms with Crippen LogP contribution in [-0.4, -0.2) is 19.2 Å². The number of aryl methyl sites for hydroxylation is 2. The van der Waals surface area contributed by atoms with Crippen LogP contribution in [0.1, 0.15) is 30.9 Å². The molecule has 2 rings (SSSR count). The van der Waals surface area contributed by atoms with Gasteiger partial charge in [-0.15, -0.1) is 0 Å². The van der Waals surface area contributed by atoms with Crippen molar-refractivity contribution in [3.05, 3.63) is 47.2 Å². The Balaban J connectivity index is 1.93. The number of nitrogens with one attached hydrogen (secondary N) is 1. The lowest BCUT2D eigenvalue weighted by atomic mass is 10.0. The normalized spacial score (nSPS) is 16.2. The second-order valence-electron chi connectivity index (χ2n) is 4.88. The van der Waals surface area contributed by atoms with Crippen molar-refractivity contribution in [1.82, 2.24) is 5.32 Å². The molecule has 0 saturated carbocycles. The van der Waals surface area contributed by atoms with Crippen LogP contribution in [0.3, 0.4) is 0 Å². The summed E-state index contributed by atoms with van der Waals surface area (Å²) < 4.78 is 5.68. The minimum Gasteiger partial charge on any atom is -0.496 e. The van der Waals surface area contributed by atoms with Gasteiger partial charge in [0.25, 0.3) is 0 Å². The number of hydrogen-bond acceptors (Lipinski definition) is 2. The van der Waals surface area contributed by atoms with E-state index >= 15 is 0 Å². The fourth-order valence-electron chi connectivity index (χ4n) is 2.45. The van der Waals surface area contributed by atoms with Crippen LogP contribution < -0.4 is 5.32 Å². The Bertz CT molecular complexity index is 411. The molecule has 0 bridgehead atoms. The molecule has 98 valence electrons. The van der Waals surface area contributed by atoms with E-state index in [9.17, 15) is 0 Å². The molecule has 0 spiro atoms. The first-order valence-electron chi connectivity index (χ1n) is 6.91. The van der Waals surface area contributed by atoms with Gasteiger partial charge in [0.1, 0.15) is 5.76 Å². The lowest BCUT2D eigenvalue weighted by molar-refractivity contribution is 0.212. The van der Waals surface area contributed by atoms with Crippen molar-refractivity contribution in [1.29, 1.82) is 0 Å². The van der Waals surface area contributed by atoms with Crippen LogP contribution in [0.2, 0.25) is 0 Å². The van der Waals surface area contributed by atoms with E-state index in [0.717, 1.165) is 38.2 Å². The van der Waals surface area contributed by atoms with E-state index in [1.807, 2.05) is 0 Å². The summed E-state index contributed by atoms with van der Waals surface area (Å²) >= 11 is 0. The summed E-state index contributed by atoms with van der Waals surface area (Å²) in [5.41, 5.74) is 2.75. The van der Waals surface area contributed by atoms with Crippen molar-refractivity contribution in [2.24, 2.45) is 0 Å². The Morgan fingerprint density at radius 3 is 2.94 bits per heavy atom. The molecule has 0 aliphatic carbocycles. The van der Waals surface area contributed by atoms with Gasteiger partial charge in [-0.2, -0.15) is 0 Å². The third kappa shape index (κ3) is 3.61. The molecule has 1 N–H and O–H groups in total. The maximum atomic E-state index is 5.68. The van der Waals surface area contributed by atoms with E-state index in [1.54, 1.807) is 0 Å². The van der Waals surface area contributed by atoms with E-state index < -0.39 is 0 Å². The number of likely N-dealkylation sites (N-methyl/N-ethyl adjacent to an activating group) is 1. The van der Waals surface area contributed by atoms with Crippen LogP contribution in [0, 0.1) is 6.92 Å². The molecular weight excluding hydrogens is 222 g/mol. The van der Waals surface area contributed by atoms with E-state index in [2.05, 4.69) is 49.5 Å². The van der Waals surface area contributed by atoms with E-state index in [0.29, 0.717) is 6.04 Å². The fraction of sp³-hybridized carbons (Fsp3) is 0.500. The lowest BCUT2D eigenvalue weighted by Crippen LogP contribution is -2.31. The molecule has 0 fully saturated rings. The van der Waals surface area contributed by atoms with Gasteiger partial charge in [-0.25, -0.2) is 0 Å². The predicted molar refractivity (Wildman–Crippen MR) is 75.6 cm³/mol. The second-order valence-corrected chi connectivity index (χ2v) is 4.88. The zero-order chi connectivity index (χ0) is 12.8. The van der Waals surface area contributed by atoms with Crippen molar-refractivity contribution in [3.63, 3.8) is 0 Å². The van der Waals surface area contributed by atoms with Crippen molar-refractivity contribution in [2.45, 2.75) is 39.2 Å². The van der Waals surface area contributed by atoms with Gasteiger partial charge < -0.3 is 10.1 Å². The first-order valence-corrected chi connectivity index (χ1v) is 6.91. The molecule has 2 heteroatoms. The maximum Gasteiger partial charge on any atom is 0.109 e. The van der Waals surface area contributed by atoms with Gasteiger partial charge in [-0.3, -0.25) is 0 Å². The summed E-state index contributed by atoms with van der Waals surface area (Å²) in [5, 5.41) is 3.52. The zero-order valence-corrected chi connectivity index (χ0v) is 11.4. The third-order valence-electron chi connectivity index (χ3n) is 3.33. The molecule has 0 amide bonds. The van der Waals surface area contributed by atoms with E-state index in [4.69, 9.17) is 4.74 Å². The van der Waals surface area contributed by atoms with Crippen molar-refractivity contribution in [3.8, 4) is 0 Å². The number of rotatable bonds is 6. The molecule has 1 aromatic carbocycles. The lowest BCUT2D eigenvalue weighted by Gasteiger charge is -2.19. The molecule has 0 aromatic heterocycles. The maximum absolute atomic E-state index is 5.68. The summed E-state index contributed by atoms with van der Waals surface area (Å²) in [7, 11) is 0. The average molecular weight is 245 g/mol. The summed E-state index contributed by atoms with van der Waals surface area (Å²) in [6, 6.07) is 9.14. The van der Waals surface area contributed by atoms with Gasteiger partial charge in [0.05, 0.1) is 12.6 Å². The standard InChI is InChI=1S/C16H23NO/c1-3-17-15(16-8-5-11-18-16)10-9-14-7-4-6-13(2)12-14/h4,6-8,12,15,17H,3,5,9-11H2,1-2H3.